The highest BCUT2D eigenvalue weighted by molar-refractivity contribution is 5.78. The highest BCUT2D eigenvalue weighted by Crippen LogP contribution is 2.45. The van der Waals surface area contributed by atoms with Crippen LogP contribution >= 0.6 is 0 Å². The Balaban J connectivity index is 1.65. The lowest BCUT2D eigenvalue weighted by Gasteiger charge is -2.37. The molecular formula is C20H30FN5O2. The monoisotopic (exact) mass is 391 g/mol. The Morgan fingerprint density at radius 3 is 2.86 bits per heavy atom. The molecule has 5 N–H and O–H groups in total. The first-order valence-corrected chi connectivity index (χ1v) is 10.1. The summed E-state index contributed by atoms with van der Waals surface area (Å²) in [7, 11) is 1.92. The van der Waals surface area contributed by atoms with Crippen molar-refractivity contribution in [2.24, 2.45) is 0 Å². The van der Waals surface area contributed by atoms with Gasteiger partial charge in [0.25, 0.3) is 0 Å². The maximum Gasteiger partial charge on any atom is 0.231 e. The number of nitrogens with one attached hydrogen (secondary N) is 5. The van der Waals surface area contributed by atoms with E-state index in [-0.39, 0.29) is 25.1 Å². The molecule has 1 saturated heterocycles. The molecule has 0 saturated carbocycles. The molecule has 1 aromatic rings. The Labute approximate surface area is 165 Å². The second-order valence-corrected chi connectivity index (χ2v) is 7.81. The van der Waals surface area contributed by atoms with Crippen molar-refractivity contribution in [2.75, 3.05) is 25.7 Å². The molecule has 0 spiro atoms. The van der Waals surface area contributed by atoms with Gasteiger partial charge >= 0.3 is 0 Å². The third-order valence-electron chi connectivity index (χ3n) is 5.64. The van der Waals surface area contributed by atoms with Crippen LogP contribution in [-0.4, -0.2) is 44.9 Å². The summed E-state index contributed by atoms with van der Waals surface area (Å²) in [5, 5.41) is 16.7. The Morgan fingerprint density at radius 2 is 2.04 bits per heavy atom. The first kappa shape index (κ1) is 19.4. The highest BCUT2D eigenvalue weighted by atomic mass is 19.1. The average Bonchev–Trinajstić information content (AvgIpc) is 3.02. The van der Waals surface area contributed by atoms with E-state index < -0.39 is 0 Å². The van der Waals surface area contributed by atoms with Gasteiger partial charge in [0.15, 0.2) is 17.3 Å². The molecule has 4 atom stereocenters. The molecule has 3 aliphatic rings. The molecule has 1 aromatic carbocycles. The second-order valence-electron chi connectivity index (χ2n) is 7.81. The molecule has 8 heteroatoms. The van der Waals surface area contributed by atoms with Crippen LogP contribution in [-0.2, 0) is 0 Å². The predicted octanol–water partition coefficient (Wildman–Crippen LogP) is 1.92. The zero-order valence-electron chi connectivity index (χ0n) is 16.7. The largest absolute Gasteiger partial charge is 0.453 e. The van der Waals surface area contributed by atoms with Gasteiger partial charge in [-0.05, 0) is 45.7 Å². The molecule has 3 aliphatic heterocycles. The van der Waals surface area contributed by atoms with Crippen LogP contribution in [0.4, 0.5) is 10.1 Å². The molecule has 0 bridgehead atoms. The van der Waals surface area contributed by atoms with Crippen LogP contribution in [0.2, 0.25) is 0 Å². The van der Waals surface area contributed by atoms with Crippen molar-refractivity contribution in [1.29, 1.82) is 0 Å². The van der Waals surface area contributed by atoms with Gasteiger partial charge in [-0.3, -0.25) is 10.6 Å². The van der Waals surface area contributed by atoms with Gasteiger partial charge in [-0.25, -0.2) is 4.39 Å². The van der Waals surface area contributed by atoms with Crippen LogP contribution in [0, 0.1) is 5.82 Å². The van der Waals surface area contributed by atoms with Crippen molar-refractivity contribution in [1.82, 2.24) is 21.3 Å². The van der Waals surface area contributed by atoms with Gasteiger partial charge in [-0.15, -0.1) is 0 Å². The molecular weight excluding hydrogens is 361 g/mol. The van der Waals surface area contributed by atoms with Gasteiger partial charge in [-0.2, -0.15) is 0 Å². The Bertz CT molecular complexity index is 757. The summed E-state index contributed by atoms with van der Waals surface area (Å²) in [6, 6.07) is 2.39. The first-order valence-electron chi connectivity index (χ1n) is 10.1. The van der Waals surface area contributed by atoms with Crippen LogP contribution < -0.4 is 36.1 Å². The standard InChI is InChI=1S/C20H30FN5O2/c1-11-4-5-13(6-7-23-11)17-18(21)14(9-15-19(17)28-10-27-15)25-20-24-12(2)8-16(22-3)26-20/h6,9,11-12,16,20,22-26H,4-5,7-8,10H2,1-3H3/t11-,12?,16?,20?/m0/s1. The van der Waals surface area contributed by atoms with Crippen LogP contribution in [0.25, 0.3) is 5.57 Å². The molecule has 3 heterocycles. The molecule has 0 radical (unpaired) electrons. The number of halogens is 1. The lowest BCUT2D eigenvalue weighted by atomic mass is 9.97. The SMILES string of the molecule is CNC1CC(C)NC(Nc2cc3c(c(C4=CCN[C@@H](C)CC4)c2F)OCO3)N1. The van der Waals surface area contributed by atoms with E-state index in [2.05, 4.69) is 46.5 Å². The van der Waals surface area contributed by atoms with Gasteiger partial charge in [-0.1, -0.05) is 6.08 Å². The van der Waals surface area contributed by atoms with Crippen molar-refractivity contribution in [3.8, 4) is 11.5 Å². The summed E-state index contributed by atoms with van der Waals surface area (Å²) in [6.07, 6.45) is 4.65. The third kappa shape index (κ3) is 3.96. The summed E-state index contributed by atoms with van der Waals surface area (Å²) in [5.41, 5.74) is 1.88. The molecule has 154 valence electrons. The fraction of sp³-hybridized carbons (Fsp3) is 0.600. The smallest absolute Gasteiger partial charge is 0.231 e. The number of rotatable bonds is 4. The molecule has 3 unspecified atom stereocenters. The average molecular weight is 391 g/mol. The minimum atomic E-state index is -0.298. The molecule has 7 nitrogen and oxygen atoms in total. The van der Waals surface area contributed by atoms with Crippen molar-refractivity contribution in [2.45, 2.75) is 57.6 Å². The molecule has 0 aromatic heterocycles. The van der Waals surface area contributed by atoms with Crippen LogP contribution in [0.1, 0.15) is 38.7 Å². The third-order valence-corrected chi connectivity index (χ3v) is 5.64. The first-order chi connectivity index (χ1) is 13.5. The van der Waals surface area contributed by atoms with Crippen molar-refractivity contribution >= 4 is 11.3 Å². The van der Waals surface area contributed by atoms with Crippen molar-refractivity contribution in [3.05, 3.63) is 23.5 Å². The van der Waals surface area contributed by atoms with E-state index in [1.54, 1.807) is 6.07 Å². The number of allylic oxidation sites excluding steroid dienone is 1. The Hall–Kier alpha value is -1.87. The summed E-state index contributed by atoms with van der Waals surface area (Å²) in [6.45, 7) is 5.10. The van der Waals surface area contributed by atoms with Crippen molar-refractivity contribution < 1.29 is 13.9 Å². The fourth-order valence-electron chi connectivity index (χ4n) is 4.06. The highest BCUT2D eigenvalue weighted by Gasteiger charge is 2.30. The zero-order chi connectivity index (χ0) is 19.7. The van der Waals surface area contributed by atoms with Crippen molar-refractivity contribution in [3.63, 3.8) is 0 Å². The summed E-state index contributed by atoms with van der Waals surface area (Å²) < 4.78 is 26.9. The summed E-state index contributed by atoms with van der Waals surface area (Å²) in [5.74, 6) is 0.793. The van der Waals surface area contributed by atoms with E-state index in [0.717, 1.165) is 31.4 Å². The van der Waals surface area contributed by atoms with Gasteiger partial charge in [0.2, 0.25) is 6.79 Å². The lowest BCUT2D eigenvalue weighted by molar-refractivity contribution is 0.173. The maximum absolute atomic E-state index is 15.6. The quantitative estimate of drug-likeness (QED) is 0.537. The van der Waals surface area contributed by atoms with Crippen LogP contribution in [0.15, 0.2) is 12.1 Å². The number of benzene rings is 1. The normalized spacial score (nSPS) is 29.9. The topological polar surface area (TPSA) is 78.6 Å². The van der Waals surface area contributed by atoms with Gasteiger partial charge < -0.3 is 25.4 Å². The van der Waals surface area contributed by atoms with Crippen LogP contribution in [0.3, 0.4) is 0 Å². The minimum absolute atomic E-state index is 0.117. The van der Waals surface area contributed by atoms with E-state index in [1.165, 1.54) is 0 Å². The fourth-order valence-corrected chi connectivity index (χ4v) is 4.06. The zero-order valence-corrected chi connectivity index (χ0v) is 16.7. The summed E-state index contributed by atoms with van der Waals surface area (Å²) in [4.78, 5) is 0. The lowest BCUT2D eigenvalue weighted by Crippen LogP contribution is -2.63. The Kier molecular flexibility index (Phi) is 5.73. The number of anilines is 1. The van der Waals surface area contributed by atoms with E-state index >= 15 is 4.39 Å². The number of hydrogen-bond donors (Lipinski definition) is 5. The van der Waals surface area contributed by atoms with Gasteiger partial charge in [0, 0.05) is 24.7 Å². The van der Waals surface area contributed by atoms with Gasteiger partial charge in [0.05, 0.1) is 17.4 Å². The molecule has 0 aliphatic carbocycles. The molecule has 4 rings (SSSR count). The van der Waals surface area contributed by atoms with E-state index in [9.17, 15) is 0 Å². The maximum atomic E-state index is 15.6. The molecule has 0 amide bonds. The van der Waals surface area contributed by atoms with E-state index in [0.29, 0.717) is 34.8 Å². The Morgan fingerprint density at radius 1 is 1.18 bits per heavy atom. The van der Waals surface area contributed by atoms with Gasteiger partial charge in [0.1, 0.15) is 6.29 Å². The number of hydrogen-bond acceptors (Lipinski definition) is 7. The number of fused-ring (bicyclic) bond motifs is 1. The van der Waals surface area contributed by atoms with Crippen LogP contribution in [0.5, 0.6) is 11.5 Å². The second kappa shape index (κ2) is 8.24. The molecule has 28 heavy (non-hydrogen) atoms. The predicted molar refractivity (Wildman–Crippen MR) is 108 cm³/mol. The number of ether oxygens (including phenoxy) is 2. The minimum Gasteiger partial charge on any atom is -0.453 e. The van der Waals surface area contributed by atoms with E-state index in [1.807, 2.05) is 7.05 Å². The molecule has 1 fully saturated rings. The summed E-state index contributed by atoms with van der Waals surface area (Å²) >= 11 is 0. The van der Waals surface area contributed by atoms with E-state index in [4.69, 9.17) is 9.47 Å².